The number of esters is 1. The topological polar surface area (TPSA) is 66.8 Å². The summed E-state index contributed by atoms with van der Waals surface area (Å²) in [6, 6.07) is 9.13. The molecule has 0 spiro atoms. The molecule has 0 saturated heterocycles. The van der Waals surface area contributed by atoms with Crippen molar-refractivity contribution in [2.24, 2.45) is 0 Å². The van der Waals surface area contributed by atoms with Crippen molar-refractivity contribution in [2.75, 3.05) is 7.11 Å². The molecule has 0 aliphatic heterocycles. The molecule has 1 aromatic carbocycles. The van der Waals surface area contributed by atoms with Gasteiger partial charge in [-0.15, -0.1) is 0 Å². The van der Waals surface area contributed by atoms with Crippen molar-refractivity contribution in [1.82, 2.24) is 0 Å². The summed E-state index contributed by atoms with van der Waals surface area (Å²) in [5.74, 6) is -0.821. The van der Waals surface area contributed by atoms with E-state index >= 15 is 0 Å². The van der Waals surface area contributed by atoms with E-state index < -0.39 is 18.2 Å². The van der Waals surface area contributed by atoms with E-state index in [0.717, 1.165) is 5.56 Å². The highest BCUT2D eigenvalue weighted by Gasteiger charge is 2.24. The number of hydrogen-bond acceptors (Lipinski definition) is 4. The third-order valence-electron chi connectivity index (χ3n) is 2.09. The number of rotatable bonds is 4. The minimum atomic E-state index is -1.49. The van der Waals surface area contributed by atoms with Crippen LogP contribution in [0.3, 0.4) is 0 Å². The first-order valence-corrected chi connectivity index (χ1v) is 4.63. The van der Waals surface area contributed by atoms with Gasteiger partial charge in [-0.25, -0.2) is 4.79 Å². The summed E-state index contributed by atoms with van der Waals surface area (Å²) >= 11 is 0. The van der Waals surface area contributed by atoms with E-state index in [1.165, 1.54) is 7.11 Å². The Morgan fingerprint density at radius 1 is 1.33 bits per heavy atom. The summed E-state index contributed by atoms with van der Waals surface area (Å²) in [4.78, 5) is 10.9. The Balaban J connectivity index is 2.56. The van der Waals surface area contributed by atoms with Crippen LogP contribution in [0.15, 0.2) is 30.3 Å². The maximum absolute atomic E-state index is 10.9. The lowest BCUT2D eigenvalue weighted by Gasteiger charge is -2.15. The van der Waals surface area contributed by atoms with Gasteiger partial charge in [-0.05, 0) is 5.56 Å². The molecular formula is C11H14O4. The summed E-state index contributed by atoms with van der Waals surface area (Å²) in [6.45, 7) is 0. The van der Waals surface area contributed by atoms with Gasteiger partial charge in [0.25, 0.3) is 0 Å². The Labute approximate surface area is 88.1 Å². The lowest BCUT2D eigenvalue weighted by atomic mass is 10.0. The fourth-order valence-electron chi connectivity index (χ4n) is 1.25. The molecule has 0 aliphatic carbocycles. The molecule has 0 bridgehead atoms. The highest BCUT2D eigenvalue weighted by molar-refractivity contribution is 5.74. The fourth-order valence-corrected chi connectivity index (χ4v) is 1.25. The first kappa shape index (κ1) is 11.7. The molecule has 1 rings (SSSR count). The zero-order valence-corrected chi connectivity index (χ0v) is 8.46. The van der Waals surface area contributed by atoms with Crippen LogP contribution in [0.1, 0.15) is 5.56 Å². The molecule has 1 aromatic rings. The summed E-state index contributed by atoms with van der Waals surface area (Å²) in [5.41, 5.74) is 0.855. The van der Waals surface area contributed by atoms with E-state index in [1.807, 2.05) is 30.3 Å². The minimum absolute atomic E-state index is 0.219. The second kappa shape index (κ2) is 5.48. The normalized spacial score (nSPS) is 14.3. The summed E-state index contributed by atoms with van der Waals surface area (Å²) in [7, 11) is 1.17. The van der Waals surface area contributed by atoms with Gasteiger partial charge in [0.15, 0.2) is 6.10 Å². The number of carbonyl (C=O) groups is 1. The zero-order valence-electron chi connectivity index (χ0n) is 8.46. The van der Waals surface area contributed by atoms with Gasteiger partial charge >= 0.3 is 5.97 Å². The molecular weight excluding hydrogens is 196 g/mol. The average Bonchev–Trinajstić information content (AvgIpc) is 2.28. The van der Waals surface area contributed by atoms with Crippen LogP contribution in [-0.2, 0) is 16.0 Å². The van der Waals surface area contributed by atoms with Crippen molar-refractivity contribution >= 4 is 5.97 Å². The summed E-state index contributed by atoms with van der Waals surface area (Å²) in [6.07, 6.45) is -2.41. The van der Waals surface area contributed by atoms with Crippen LogP contribution in [0.25, 0.3) is 0 Å². The Bertz CT molecular complexity index is 310. The van der Waals surface area contributed by atoms with Crippen LogP contribution in [0.5, 0.6) is 0 Å². The number of aliphatic hydroxyl groups is 2. The number of hydrogen-bond donors (Lipinski definition) is 2. The molecule has 0 heterocycles. The van der Waals surface area contributed by atoms with Gasteiger partial charge in [-0.2, -0.15) is 0 Å². The van der Waals surface area contributed by atoms with Crippen LogP contribution in [0.4, 0.5) is 0 Å². The third-order valence-corrected chi connectivity index (χ3v) is 2.09. The molecule has 0 fully saturated rings. The Morgan fingerprint density at radius 2 is 1.93 bits per heavy atom. The maximum atomic E-state index is 10.9. The van der Waals surface area contributed by atoms with Gasteiger partial charge in [0, 0.05) is 6.42 Å². The molecule has 4 nitrogen and oxygen atoms in total. The lowest BCUT2D eigenvalue weighted by molar-refractivity contribution is -0.156. The number of methoxy groups -OCH3 is 1. The number of benzene rings is 1. The molecule has 2 atom stereocenters. The van der Waals surface area contributed by atoms with Crippen LogP contribution < -0.4 is 0 Å². The van der Waals surface area contributed by atoms with Gasteiger partial charge in [0.2, 0.25) is 0 Å². The second-order valence-electron chi connectivity index (χ2n) is 3.23. The van der Waals surface area contributed by atoms with E-state index in [2.05, 4.69) is 4.74 Å². The SMILES string of the molecule is COC(=O)[C@@H](O)[C@@H](O)Cc1ccccc1. The first-order valence-electron chi connectivity index (χ1n) is 4.63. The van der Waals surface area contributed by atoms with Crippen molar-refractivity contribution in [2.45, 2.75) is 18.6 Å². The Kier molecular flexibility index (Phi) is 4.27. The number of ether oxygens (including phenoxy) is 1. The van der Waals surface area contributed by atoms with Crippen molar-refractivity contribution in [1.29, 1.82) is 0 Å². The minimum Gasteiger partial charge on any atom is -0.467 e. The second-order valence-corrected chi connectivity index (χ2v) is 3.23. The van der Waals surface area contributed by atoms with Crippen molar-refractivity contribution in [3.05, 3.63) is 35.9 Å². The molecule has 0 amide bonds. The lowest BCUT2D eigenvalue weighted by Crippen LogP contribution is -2.36. The predicted molar refractivity (Wildman–Crippen MR) is 54.2 cm³/mol. The van der Waals surface area contributed by atoms with E-state index in [9.17, 15) is 15.0 Å². The smallest absolute Gasteiger partial charge is 0.337 e. The van der Waals surface area contributed by atoms with E-state index in [0.29, 0.717) is 0 Å². The maximum Gasteiger partial charge on any atom is 0.337 e. The monoisotopic (exact) mass is 210 g/mol. The molecule has 15 heavy (non-hydrogen) atoms. The Morgan fingerprint density at radius 3 is 2.47 bits per heavy atom. The van der Waals surface area contributed by atoms with Gasteiger partial charge in [0.1, 0.15) is 0 Å². The average molecular weight is 210 g/mol. The quantitative estimate of drug-likeness (QED) is 0.693. The van der Waals surface area contributed by atoms with Crippen LogP contribution >= 0.6 is 0 Å². The standard InChI is InChI=1S/C11H14O4/c1-15-11(14)10(13)9(12)7-8-5-3-2-4-6-8/h2-6,9-10,12-13H,7H2,1H3/t9-,10-/m0/s1. The summed E-state index contributed by atoms with van der Waals surface area (Å²) < 4.78 is 4.32. The van der Waals surface area contributed by atoms with Crippen molar-refractivity contribution < 1.29 is 19.7 Å². The molecule has 0 radical (unpaired) electrons. The zero-order chi connectivity index (χ0) is 11.3. The molecule has 0 saturated carbocycles. The van der Waals surface area contributed by atoms with E-state index in [1.54, 1.807) is 0 Å². The highest BCUT2D eigenvalue weighted by Crippen LogP contribution is 2.06. The van der Waals surface area contributed by atoms with E-state index in [4.69, 9.17) is 0 Å². The van der Waals surface area contributed by atoms with E-state index in [-0.39, 0.29) is 6.42 Å². The van der Waals surface area contributed by atoms with Gasteiger partial charge in [0.05, 0.1) is 13.2 Å². The fraction of sp³-hybridized carbons (Fsp3) is 0.364. The van der Waals surface area contributed by atoms with Crippen LogP contribution in [-0.4, -0.2) is 35.5 Å². The van der Waals surface area contributed by atoms with Crippen LogP contribution in [0, 0.1) is 0 Å². The van der Waals surface area contributed by atoms with Gasteiger partial charge in [-0.1, -0.05) is 30.3 Å². The summed E-state index contributed by atoms with van der Waals surface area (Å²) in [5, 5.41) is 18.8. The largest absolute Gasteiger partial charge is 0.467 e. The molecule has 82 valence electrons. The van der Waals surface area contributed by atoms with Crippen LogP contribution in [0.2, 0.25) is 0 Å². The molecule has 4 heteroatoms. The van der Waals surface area contributed by atoms with Crippen molar-refractivity contribution in [3.63, 3.8) is 0 Å². The molecule has 0 unspecified atom stereocenters. The van der Waals surface area contributed by atoms with Gasteiger partial charge < -0.3 is 14.9 Å². The predicted octanol–water partition coefficient (Wildman–Crippen LogP) is 0.124. The molecule has 0 aliphatic rings. The number of carbonyl (C=O) groups excluding carboxylic acids is 1. The van der Waals surface area contributed by atoms with Gasteiger partial charge in [-0.3, -0.25) is 0 Å². The first-order chi connectivity index (χ1) is 7.15. The molecule has 2 N–H and O–H groups in total. The number of aliphatic hydroxyl groups excluding tert-OH is 2. The highest BCUT2D eigenvalue weighted by atomic mass is 16.5. The van der Waals surface area contributed by atoms with Crippen molar-refractivity contribution in [3.8, 4) is 0 Å². The molecule has 0 aromatic heterocycles. The third kappa shape index (κ3) is 3.34. The Hall–Kier alpha value is -1.39.